The Bertz CT molecular complexity index is 1140. The van der Waals surface area contributed by atoms with Gasteiger partial charge in [-0.15, -0.1) is 0 Å². The van der Waals surface area contributed by atoms with Crippen molar-refractivity contribution in [2.24, 2.45) is 0 Å². The van der Waals surface area contributed by atoms with E-state index < -0.39 is 5.97 Å². The number of fused-ring (bicyclic) bond motifs is 2. The second-order valence-electron chi connectivity index (χ2n) is 6.61. The minimum atomic E-state index is -0.981. The topological polar surface area (TPSA) is 121 Å². The molecule has 1 aliphatic heterocycles. The van der Waals surface area contributed by atoms with Crippen molar-refractivity contribution in [2.45, 2.75) is 13.2 Å². The Hall–Kier alpha value is -3.90. The second-order valence-corrected chi connectivity index (χ2v) is 6.61. The maximum Gasteiger partial charge on any atom is 0.323 e. The quantitative estimate of drug-likeness (QED) is 0.610. The smallest absolute Gasteiger partial charge is 0.323 e. The van der Waals surface area contributed by atoms with E-state index in [4.69, 9.17) is 14.9 Å². The molecular formula is C20H17N5O4. The third-order valence-electron chi connectivity index (χ3n) is 4.48. The summed E-state index contributed by atoms with van der Waals surface area (Å²) in [4.78, 5) is 31.5. The van der Waals surface area contributed by atoms with Crippen LogP contribution < -0.4 is 15.1 Å². The van der Waals surface area contributed by atoms with E-state index in [1.165, 1.54) is 4.90 Å². The van der Waals surface area contributed by atoms with E-state index in [9.17, 15) is 10.1 Å². The van der Waals surface area contributed by atoms with Gasteiger partial charge in [-0.05, 0) is 29.8 Å². The van der Waals surface area contributed by atoms with E-state index in [2.05, 4.69) is 21.4 Å². The first-order valence-corrected chi connectivity index (χ1v) is 8.83. The third-order valence-corrected chi connectivity index (χ3v) is 4.48. The molecule has 2 N–H and O–H groups in total. The number of rotatable bonds is 6. The fourth-order valence-electron chi connectivity index (χ4n) is 3.01. The third kappa shape index (κ3) is 3.88. The molecule has 0 spiro atoms. The van der Waals surface area contributed by atoms with Crippen LogP contribution in [0, 0.1) is 11.3 Å². The molecule has 0 radical (unpaired) electrons. The standard InChI is InChI=1S/C20H17N5O4/c1-25(10-18(26)27)20-23-16-5-3-12(8-21)6-15(16)19(24-20)22-9-13-2-4-14-11-28-29-17(14)7-13/h2-7H,9-11H2,1H3,(H,26,27)(H,22,23,24). The largest absolute Gasteiger partial charge is 0.480 e. The number of anilines is 2. The van der Waals surface area contributed by atoms with E-state index in [0.29, 0.717) is 41.2 Å². The molecular weight excluding hydrogens is 374 g/mol. The van der Waals surface area contributed by atoms with Gasteiger partial charge >= 0.3 is 5.97 Å². The Balaban J connectivity index is 1.68. The van der Waals surface area contributed by atoms with Crippen LogP contribution in [0.25, 0.3) is 10.9 Å². The summed E-state index contributed by atoms with van der Waals surface area (Å²) >= 11 is 0. The lowest BCUT2D eigenvalue weighted by Gasteiger charge is -2.17. The predicted octanol–water partition coefficient (Wildman–Crippen LogP) is 2.46. The number of aromatic nitrogens is 2. The van der Waals surface area contributed by atoms with Crippen LogP contribution in [-0.2, 0) is 22.8 Å². The van der Waals surface area contributed by atoms with E-state index >= 15 is 0 Å². The second kappa shape index (κ2) is 7.61. The van der Waals surface area contributed by atoms with Gasteiger partial charge in [-0.25, -0.2) is 4.98 Å². The molecule has 3 aromatic rings. The first-order chi connectivity index (χ1) is 14.0. The van der Waals surface area contributed by atoms with Gasteiger partial charge in [0.2, 0.25) is 5.95 Å². The van der Waals surface area contributed by atoms with Crippen molar-refractivity contribution in [3.63, 3.8) is 0 Å². The fourth-order valence-corrected chi connectivity index (χ4v) is 3.01. The van der Waals surface area contributed by atoms with E-state index in [1.807, 2.05) is 18.2 Å². The number of nitriles is 1. The Kier molecular flexibility index (Phi) is 4.85. The van der Waals surface area contributed by atoms with Crippen LogP contribution in [0.15, 0.2) is 36.4 Å². The number of carboxylic acid groups (broad SMARTS) is 1. The Morgan fingerprint density at radius 1 is 1.31 bits per heavy atom. The lowest BCUT2D eigenvalue weighted by atomic mass is 10.1. The molecule has 1 aromatic heterocycles. The van der Waals surface area contributed by atoms with E-state index in [1.54, 1.807) is 25.2 Å². The SMILES string of the molecule is CN(CC(=O)O)c1nc(NCc2ccc3c(c2)OOC3)c2cc(C#N)ccc2n1. The zero-order valence-electron chi connectivity index (χ0n) is 15.5. The molecule has 2 aromatic carbocycles. The summed E-state index contributed by atoms with van der Waals surface area (Å²) in [5.74, 6) is 0.492. The van der Waals surface area contributed by atoms with Crippen LogP contribution in [0.2, 0.25) is 0 Å². The minimum absolute atomic E-state index is 0.233. The Morgan fingerprint density at radius 3 is 2.97 bits per heavy atom. The van der Waals surface area contributed by atoms with Gasteiger partial charge in [-0.3, -0.25) is 4.79 Å². The van der Waals surface area contributed by atoms with Crippen LogP contribution in [0.3, 0.4) is 0 Å². The number of carboxylic acids is 1. The van der Waals surface area contributed by atoms with Gasteiger partial charge < -0.3 is 20.2 Å². The average molecular weight is 391 g/mol. The Morgan fingerprint density at radius 2 is 2.17 bits per heavy atom. The zero-order valence-corrected chi connectivity index (χ0v) is 15.5. The Labute approximate surface area is 166 Å². The molecule has 0 aliphatic carbocycles. The summed E-state index contributed by atoms with van der Waals surface area (Å²) in [6.07, 6.45) is 0. The van der Waals surface area contributed by atoms with Crippen molar-refractivity contribution in [1.29, 1.82) is 5.26 Å². The molecule has 0 saturated heterocycles. The lowest BCUT2D eigenvalue weighted by Crippen LogP contribution is -2.27. The number of carbonyl (C=O) groups is 1. The van der Waals surface area contributed by atoms with Crippen molar-refractivity contribution in [1.82, 2.24) is 9.97 Å². The van der Waals surface area contributed by atoms with Crippen molar-refractivity contribution < 1.29 is 19.7 Å². The van der Waals surface area contributed by atoms with Crippen LogP contribution in [0.4, 0.5) is 11.8 Å². The molecule has 146 valence electrons. The van der Waals surface area contributed by atoms with Gasteiger partial charge in [0.1, 0.15) is 19.0 Å². The predicted molar refractivity (Wildman–Crippen MR) is 104 cm³/mol. The van der Waals surface area contributed by atoms with Crippen molar-refractivity contribution in [3.05, 3.63) is 53.1 Å². The number of aliphatic carboxylic acids is 1. The van der Waals surface area contributed by atoms with Gasteiger partial charge in [-0.1, -0.05) is 12.1 Å². The molecule has 4 rings (SSSR count). The molecule has 9 nitrogen and oxygen atoms in total. The number of benzene rings is 2. The monoisotopic (exact) mass is 391 g/mol. The number of likely N-dealkylation sites (N-methyl/N-ethyl adjacent to an activating group) is 1. The highest BCUT2D eigenvalue weighted by atomic mass is 17.2. The van der Waals surface area contributed by atoms with Crippen molar-refractivity contribution >= 4 is 28.6 Å². The molecule has 1 aliphatic rings. The molecule has 0 amide bonds. The molecule has 29 heavy (non-hydrogen) atoms. The van der Waals surface area contributed by atoms with Gasteiger partial charge in [0.25, 0.3) is 0 Å². The highest BCUT2D eigenvalue weighted by molar-refractivity contribution is 5.91. The van der Waals surface area contributed by atoms with Crippen molar-refractivity contribution in [2.75, 3.05) is 23.8 Å². The number of nitrogens with one attached hydrogen (secondary N) is 1. The van der Waals surface area contributed by atoms with Crippen LogP contribution in [0.1, 0.15) is 16.7 Å². The van der Waals surface area contributed by atoms with Crippen LogP contribution >= 0.6 is 0 Å². The van der Waals surface area contributed by atoms with E-state index in [0.717, 1.165) is 11.1 Å². The molecule has 2 heterocycles. The highest BCUT2D eigenvalue weighted by Gasteiger charge is 2.16. The number of nitrogens with zero attached hydrogens (tertiary/aromatic N) is 4. The van der Waals surface area contributed by atoms with Gasteiger partial charge in [0.05, 0.1) is 17.1 Å². The van der Waals surface area contributed by atoms with E-state index in [-0.39, 0.29) is 12.5 Å². The number of hydrogen-bond donors (Lipinski definition) is 2. The fraction of sp³-hybridized carbons (Fsp3) is 0.200. The molecule has 0 atom stereocenters. The zero-order chi connectivity index (χ0) is 20.4. The highest BCUT2D eigenvalue weighted by Crippen LogP contribution is 2.28. The summed E-state index contributed by atoms with van der Waals surface area (Å²) in [5.41, 5.74) is 3.04. The first kappa shape index (κ1) is 18.5. The van der Waals surface area contributed by atoms with Gasteiger partial charge in [0, 0.05) is 24.5 Å². The first-order valence-electron chi connectivity index (χ1n) is 8.83. The summed E-state index contributed by atoms with van der Waals surface area (Å²) in [6.45, 7) is 0.640. The summed E-state index contributed by atoms with van der Waals surface area (Å²) in [5, 5.41) is 22.2. The normalized spacial score (nSPS) is 12.1. The maximum atomic E-state index is 11.0. The summed E-state index contributed by atoms with van der Waals surface area (Å²) in [7, 11) is 1.61. The van der Waals surface area contributed by atoms with Crippen molar-refractivity contribution in [3.8, 4) is 11.8 Å². The average Bonchev–Trinajstić information content (AvgIpc) is 3.18. The molecule has 9 heteroatoms. The molecule has 0 fully saturated rings. The van der Waals surface area contributed by atoms with Crippen LogP contribution in [0.5, 0.6) is 5.75 Å². The number of hydrogen-bond acceptors (Lipinski definition) is 8. The van der Waals surface area contributed by atoms with Gasteiger partial charge in [-0.2, -0.15) is 15.1 Å². The lowest BCUT2D eigenvalue weighted by molar-refractivity contribution is -0.194. The molecule has 0 bridgehead atoms. The van der Waals surface area contributed by atoms with Gasteiger partial charge in [0.15, 0.2) is 5.75 Å². The summed E-state index contributed by atoms with van der Waals surface area (Å²) in [6, 6.07) is 13.0. The minimum Gasteiger partial charge on any atom is -0.480 e. The molecule has 0 unspecified atom stereocenters. The molecule has 0 saturated carbocycles. The van der Waals surface area contributed by atoms with Crippen LogP contribution in [-0.4, -0.2) is 34.6 Å². The maximum absolute atomic E-state index is 11.0. The summed E-state index contributed by atoms with van der Waals surface area (Å²) < 4.78 is 0.